The van der Waals surface area contributed by atoms with E-state index in [0.29, 0.717) is 25.3 Å². The second-order valence-corrected chi connectivity index (χ2v) is 7.98. The molecule has 7 nitrogen and oxygen atoms in total. The van der Waals surface area contributed by atoms with Gasteiger partial charge in [0.15, 0.2) is 17.6 Å². The van der Waals surface area contributed by atoms with Crippen molar-refractivity contribution in [1.82, 2.24) is 15.1 Å². The number of hydrogen-bond donors (Lipinski definition) is 1. The Labute approximate surface area is 191 Å². The number of carbonyl (C=O) groups is 1. The second kappa shape index (κ2) is 9.24. The van der Waals surface area contributed by atoms with E-state index < -0.39 is 0 Å². The fourth-order valence-corrected chi connectivity index (χ4v) is 3.92. The number of amides is 1. The highest BCUT2D eigenvalue weighted by Crippen LogP contribution is 2.31. The highest BCUT2D eigenvalue weighted by atomic mass is 16.6. The molecule has 1 aliphatic heterocycles. The molecule has 0 aliphatic carbocycles. The molecule has 2 heterocycles. The topological polar surface area (TPSA) is 74.6 Å². The summed E-state index contributed by atoms with van der Waals surface area (Å²) < 4.78 is 18.9. The molecule has 1 N–H and O–H groups in total. The number of nitrogens with zero attached hydrogens (tertiary/aromatic N) is 2. The molecule has 1 amide bonds. The van der Waals surface area contributed by atoms with E-state index in [-0.39, 0.29) is 12.0 Å². The van der Waals surface area contributed by atoms with Gasteiger partial charge in [0.1, 0.15) is 12.4 Å². The highest BCUT2D eigenvalue weighted by molar-refractivity contribution is 5.97. The van der Waals surface area contributed by atoms with Gasteiger partial charge < -0.3 is 19.5 Å². The third-order valence-corrected chi connectivity index (χ3v) is 5.61. The summed E-state index contributed by atoms with van der Waals surface area (Å²) in [5, 5.41) is 8.52. The predicted molar refractivity (Wildman–Crippen MR) is 125 cm³/mol. The monoisotopic (exact) mass is 443 g/mol. The Hall–Kier alpha value is -4.00. The quantitative estimate of drug-likeness (QED) is 0.470. The van der Waals surface area contributed by atoms with Crippen molar-refractivity contribution in [3.63, 3.8) is 0 Å². The maximum atomic E-state index is 12.6. The average Bonchev–Trinajstić information content (AvgIpc) is 3.25. The molecule has 3 aromatic carbocycles. The Kier molecular flexibility index (Phi) is 5.85. The van der Waals surface area contributed by atoms with Gasteiger partial charge in [-0.05, 0) is 54.4 Å². The lowest BCUT2D eigenvalue weighted by Gasteiger charge is -2.26. The number of hydrogen-bond acceptors (Lipinski definition) is 5. The first-order chi connectivity index (χ1) is 16.2. The molecule has 5 rings (SSSR count). The molecule has 33 heavy (non-hydrogen) atoms. The summed E-state index contributed by atoms with van der Waals surface area (Å²) in [7, 11) is 1.65. The van der Waals surface area contributed by atoms with Crippen LogP contribution >= 0.6 is 0 Å². The summed E-state index contributed by atoms with van der Waals surface area (Å²) in [5.41, 5.74) is 2.56. The summed E-state index contributed by atoms with van der Waals surface area (Å²) in [4.78, 5) is 12.6. The van der Waals surface area contributed by atoms with Gasteiger partial charge in [-0.3, -0.25) is 9.48 Å². The third-order valence-electron chi connectivity index (χ3n) is 5.61. The number of methoxy groups -OCH3 is 1. The van der Waals surface area contributed by atoms with Crippen LogP contribution in [0.25, 0.3) is 10.9 Å². The van der Waals surface area contributed by atoms with E-state index in [9.17, 15) is 4.79 Å². The summed E-state index contributed by atoms with van der Waals surface area (Å²) in [6.45, 7) is 1.57. The highest BCUT2D eigenvalue weighted by Gasteiger charge is 2.21. The van der Waals surface area contributed by atoms with Crippen molar-refractivity contribution in [2.24, 2.45) is 0 Å². The van der Waals surface area contributed by atoms with Gasteiger partial charge in [0.2, 0.25) is 0 Å². The van der Waals surface area contributed by atoms with Crippen molar-refractivity contribution in [3.8, 4) is 17.2 Å². The van der Waals surface area contributed by atoms with Gasteiger partial charge in [0.25, 0.3) is 5.91 Å². The fourth-order valence-electron chi connectivity index (χ4n) is 3.92. The summed E-state index contributed by atoms with van der Waals surface area (Å²) in [6, 6.07) is 21.1. The maximum absolute atomic E-state index is 12.6. The smallest absolute Gasteiger partial charge is 0.251 e. The third kappa shape index (κ3) is 4.77. The number of ether oxygens (including phenoxy) is 3. The van der Waals surface area contributed by atoms with Crippen LogP contribution in [0.5, 0.6) is 17.2 Å². The molecule has 1 aromatic heterocycles. The molecule has 7 heteroatoms. The van der Waals surface area contributed by atoms with Crippen LogP contribution in [0.3, 0.4) is 0 Å². The van der Waals surface area contributed by atoms with Crippen LogP contribution < -0.4 is 19.5 Å². The Bertz CT molecular complexity index is 1280. The second-order valence-electron chi connectivity index (χ2n) is 7.98. The van der Waals surface area contributed by atoms with E-state index >= 15 is 0 Å². The Morgan fingerprint density at radius 1 is 1.12 bits per heavy atom. The number of carbonyl (C=O) groups excluding carboxylic acids is 1. The molecule has 0 bridgehead atoms. The molecule has 1 atom stereocenters. The number of para-hydroxylation sites is 2. The summed E-state index contributed by atoms with van der Waals surface area (Å²) >= 11 is 0. The zero-order valence-electron chi connectivity index (χ0n) is 18.4. The van der Waals surface area contributed by atoms with Gasteiger partial charge in [0.05, 0.1) is 19.2 Å². The largest absolute Gasteiger partial charge is 0.497 e. The van der Waals surface area contributed by atoms with E-state index in [0.717, 1.165) is 40.1 Å². The number of aromatic nitrogens is 2. The van der Waals surface area contributed by atoms with E-state index in [1.165, 1.54) is 0 Å². The Morgan fingerprint density at radius 2 is 2.00 bits per heavy atom. The SMILES string of the molecule is COc1cccc(CCNC(=O)c2ccc3nn(CC4COc5ccccc5O4)cc3c2)c1. The first-order valence-electron chi connectivity index (χ1n) is 10.9. The molecular formula is C26H25N3O4. The lowest BCUT2D eigenvalue weighted by Crippen LogP contribution is -2.33. The van der Waals surface area contributed by atoms with E-state index in [1.807, 2.05) is 71.5 Å². The van der Waals surface area contributed by atoms with E-state index in [4.69, 9.17) is 14.2 Å². The Balaban J connectivity index is 1.20. The number of nitrogens with one attached hydrogen (secondary N) is 1. The molecule has 0 radical (unpaired) electrons. The molecule has 0 saturated heterocycles. The number of benzene rings is 3. The van der Waals surface area contributed by atoms with Crippen LogP contribution in [0, 0.1) is 0 Å². The minimum absolute atomic E-state index is 0.104. The zero-order valence-corrected chi connectivity index (χ0v) is 18.4. The van der Waals surface area contributed by atoms with Crippen molar-refractivity contribution in [2.75, 3.05) is 20.3 Å². The van der Waals surface area contributed by atoms with Crippen LogP contribution in [0.2, 0.25) is 0 Å². The van der Waals surface area contributed by atoms with Gasteiger partial charge in [-0.15, -0.1) is 0 Å². The molecule has 0 spiro atoms. The van der Waals surface area contributed by atoms with Crippen molar-refractivity contribution >= 4 is 16.8 Å². The van der Waals surface area contributed by atoms with Gasteiger partial charge in [-0.2, -0.15) is 5.10 Å². The van der Waals surface area contributed by atoms with Gasteiger partial charge in [-0.1, -0.05) is 24.3 Å². The predicted octanol–water partition coefficient (Wildman–Crippen LogP) is 3.86. The first-order valence-corrected chi connectivity index (χ1v) is 10.9. The van der Waals surface area contributed by atoms with Crippen LogP contribution in [0.15, 0.2) is 72.9 Å². The van der Waals surface area contributed by atoms with Crippen LogP contribution in [0.1, 0.15) is 15.9 Å². The minimum atomic E-state index is -0.131. The van der Waals surface area contributed by atoms with Crippen molar-refractivity contribution < 1.29 is 19.0 Å². The average molecular weight is 444 g/mol. The standard InChI is InChI=1S/C26H25N3O4/c1-31-21-6-4-5-18(13-21)11-12-27-26(30)19-9-10-23-20(14-19)15-29(28-23)16-22-17-32-24-7-2-3-8-25(24)33-22/h2-10,13-15,22H,11-12,16-17H2,1H3,(H,27,30). The van der Waals surface area contributed by atoms with Crippen molar-refractivity contribution in [1.29, 1.82) is 0 Å². The zero-order chi connectivity index (χ0) is 22.6. The van der Waals surface area contributed by atoms with Crippen molar-refractivity contribution in [3.05, 3.63) is 84.1 Å². The lowest BCUT2D eigenvalue weighted by atomic mass is 10.1. The fraction of sp³-hybridized carbons (Fsp3) is 0.231. The van der Waals surface area contributed by atoms with Gasteiger partial charge in [0, 0.05) is 23.7 Å². The normalized spacial score (nSPS) is 14.8. The van der Waals surface area contributed by atoms with Crippen LogP contribution in [-0.4, -0.2) is 42.1 Å². The molecule has 1 aliphatic rings. The van der Waals surface area contributed by atoms with Crippen LogP contribution in [0.4, 0.5) is 0 Å². The summed E-state index contributed by atoms with van der Waals surface area (Å²) in [5.74, 6) is 2.23. The molecular weight excluding hydrogens is 418 g/mol. The molecule has 0 fully saturated rings. The number of fused-ring (bicyclic) bond motifs is 2. The van der Waals surface area contributed by atoms with Gasteiger partial charge >= 0.3 is 0 Å². The first kappa shape index (κ1) is 20.9. The van der Waals surface area contributed by atoms with Crippen LogP contribution in [-0.2, 0) is 13.0 Å². The van der Waals surface area contributed by atoms with E-state index in [2.05, 4.69) is 10.4 Å². The van der Waals surface area contributed by atoms with Crippen molar-refractivity contribution in [2.45, 2.75) is 19.1 Å². The summed E-state index contributed by atoms with van der Waals surface area (Å²) in [6.07, 6.45) is 2.54. The van der Waals surface area contributed by atoms with Gasteiger partial charge in [-0.25, -0.2) is 0 Å². The maximum Gasteiger partial charge on any atom is 0.251 e. The van der Waals surface area contributed by atoms with E-state index in [1.54, 1.807) is 13.2 Å². The minimum Gasteiger partial charge on any atom is -0.497 e. The molecule has 1 unspecified atom stereocenters. The number of rotatable bonds is 7. The molecule has 0 saturated carbocycles. The Morgan fingerprint density at radius 3 is 2.88 bits per heavy atom. The molecule has 4 aromatic rings. The lowest BCUT2D eigenvalue weighted by molar-refractivity contribution is 0.0760. The molecule has 168 valence electrons.